The summed E-state index contributed by atoms with van der Waals surface area (Å²) >= 11 is 1.65. The van der Waals surface area contributed by atoms with Crippen LogP contribution < -0.4 is 10.5 Å². The highest BCUT2D eigenvalue weighted by molar-refractivity contribution is 7.15. The largest absolute Gasteiger partial charge is 0.494 e. The Kier molecular flexibility index (Phi) is 3.76. The molecule has 0 radical (unpaired) electrons. The first kappa shape index (κ1) is 12.1. The number of hydrogen-bond acceptors (Lipinski definition) is 4. The first-order valence-corrected chi connectivity index (χ1v) is 6.46. The first-order chi connectivity index (χ1) is 8.24. The van der Waals surface area contributed by atoms with Crippen molar-refractivity contribution in [1.82, 2.24) is 4.98 Å². The predicted molar refractivity (Wildman–Crippen MR) is 71.3 cm³/mol. The quantitative estimate of drug-likeness (QED) is 0.905. The van der Waals surface area contributed by atoms with E-state index in [-0.39, 0.29) is 0 Å². The maximum atomic E-state index is 5.60. The molecule has 1 aromatic carbocycles. The molecule has 0 unspecified atom stereocenters. The van der Waals surface area contributed by atoms with E-state index in [2.05, 4.69) is 17.1 Å². The molecule has 1 aromatic heterocycles. The molecule has 0 atom stereocenters. The van der Waals surface area contributed by atoms with Crippen molar-refractivity contribution in [2.75, 3.05) is 6.61 Å². The lowest BCUT2D eigenvalue weighted by atomic mass is 10.1. The molecule has 0 saturated heterocycles. The van der Waals surface area contributed by atoms with Crippen molar-refractivity contribution in [2.45, 2.75) is 20.4 Å². The van der Waals surface area contributed by atoms with Crippen LogP contribution in [0, 0.1) is 6.92 Å². The molecule has 4 heteroatoms. The van der Waals surface area contributed by atoms with E-state index in [1.807, 2.05) is 26.0 Å². The highest BCUT2D eigenvalue weighted by Crippen LogP contribution is 2.30. The van der Waals surface area contributed by atoms with E-state index in [0.717, 1.165) is 16.5 Å². The van der Waals surface area contributed by atoms with Gasteiger partial charge in [0.05, 0.1) is 17.2 Å². The van der Waals surface area contributed by atoms with Gasteiger partial charge in [-0.3, -0.25) is 0 Å². The number of rotatable bonds is 4. The van der Waals surface area contributed by atoms with Crippen LogP contribution in [-0.2, 0) is 6.54 Å². The van der Waals surface area contributed by atoms with Gasteiger partial charge in [0.25, 0.3) is 0 Å². The Hall–Kier alpha value is -1.39. The Bertz CT molecular complexity index is 491. The fourth-order valence-electron chi connectivity index (χ4n) is 1.68. The number of aromatic nitrogens is 1. The van der Waals surface area contributed by atoms with Gasteiger partial charge >= 0.3 is 0 Å². The second-order valence-corrected chi connectivity index (χ2v) is 4.77. The molecular formula is C13H16N2OS. The van der Waals surface area contributed by atoms with Crippen LogP contribution >= 0.6 is 11.3 Å². The molecule has 0 amide bonds. The Morgan fingerprint density at radius 1 is 1.29 bits per heavy atom. The second-order valence-electron chi connectivity index (χ2n) is 3.68. The monoisotopic (exact) mass is 248 g/mol. The van der Waals surface area contributed by atoms with E-state index in [1.54, 1.807) is 11.3 Å². The fourth-order valence-corrected chi connectivity index (χ4v) is 2.63. The Morgan fingerprint density at radius 3 is 2.53 bits per heavy atom. The Balaban J connectivity index is 2.29. The van der Waals surface area contributed by atoms with Crippen LogP contribution in [0.4, 0.5) is 0 Å². The lowest BCUT2D eigenvalue weighted by Crippen LogP contribution is -1.94. The van der Waals surface area contributed by atoms with Crippen LogP contribution in [0.5, 0.6) is 5.75 Å². The minimum Gasteiger partial charge on any atom is -0.494 e. The van der Waals surface area contributed by atoms with Crippen molar-refractivity contribution in [2.24, 2.45) is 5.73 Å². The van der Waals surface area contributed by atoms with E-state index in [0.29, 0.717) is 13.2 Å². The minimum absolute atomic E-state index is 0.503. The molecular weight excluding hydrogens is 232 g/mol. The van der Waals surface area contributed by atoms with Crippen LogP contribution in [0.1, 0.15) is 17.6 Å². The average Bonchev–Trinajstić information content (AvgIpc) is 2.72. The molecule has 1 heterocycles. The van der Waals surface area contributed by atoms with Crippen LogP contribution in [0.2, 0.25) is 0 Å². The third kappa shape index (κ3) is 2.65. The highest BCUT2D eigenvalue weighted by Gasteiger charge is 2.08. The van der Waals surface area contributed by atoms with E-state index in [1.165, 1.54) is 10.4 Å². The summed E-state index contributed by atoms with van der Waals surface area (Å²) in [5, 5.41) is 0.978. The summed E-state index contributed by atoms with van der Waals surface area (Å²) in [5.74, 6) is 0.900. The number of ether oxygens (including phenoxy) is 1. The van der Waals surface area contributed by atoms with Gasteiger partial charge in [0, 0.05) is 6.54 Å². The number of nitrogens with zero attached hydrogens (tertiary/aromatic N) is 1. The van der Waals surface area contributed by atoms with Crippen LogP contribution in [0.15, 0.2) is 24.3 Å². The molecule has 2 aromatic rings. The van der Waals surface area contributed by atoms with Gasteiger partial charge in [-0.05, 0) is 43.7 Å². The molecule has 3 nitrogen and oxygen atoms in total. The lowest BCUT2D eigenvalue weighted by Gasteiger charge is -2.03. The average molecular weight is 248 g/mol. The maximum absolute atomic E-state index is 5.60. The van der Waals surface area contributed by atoms with E-state index >= 15 is 0 Å². The van der Waals surface area contributed by atoms with E-state index < -0.39 is 0 Å². The summed E-state index contributed by atoms with van der Waals surface area (Å²) in [6.07, 6.45) is 0. The summed E-state index contributed by atoms with van der Waals surface area (Å²) in [7, 11) is 0. The van der Waals surface area contributed by atoms with Crippen molar-refractivity contribution >= 4 is 11.3 Å². The second kappa shape index (κ2) is 5.29. The summed E-state index contributed by atoms with van der Waals surface area (Å²) in [6, 6.07) is 8.10. The maximum Gasteiger partial charge on any atom is 0.119 e. The molecule has 0 saturated carbocycles. The predicted octanol–water partition coefficient (Wildman–Crippen LogP) is 2.98. The van der Waals surface area contributed by atoms with Gasteiger partial charge in [-0.2, -0.15) is 0 Å². The molecule has 90 valence electrons. The smallest absolute Gasteiger partial charge is 0.119 e. The zero-order valence-corrected chi connectivity index (χ0v) is 10.9. The van der Waals surface area contributed by atoms with Crippen LogP contribution in [0.3, 0.4) is 0 Å². The van der Waals surface area contributed by atoms with Crippen molar-refractivity contribution in [3.05, 3.63) is 35.0 Å². The van der Waals surface area contributed by atoms with Crippen molar-refractivity contribution in [3.63, 3.8) is 0 Å². The first-order valence-electron chi connectivity index (χ1n) is 5.64. The molecule has 0 bridgehead atoms. The van der Waals surface area contributed by atoms with Crippen LogP contribution in [-0.4, -0.2) is 11.6 Å². The number of thiazole rings is 1. The summed E-state index contributed by atoms with van der Waals surface area (Å²) in [5.41, 5.74) is 7.81. The molecule has 0 aliphatic rings. The molecule has 17 heavy (non-hydrogen) atoms. The van der Waals surface area contributed by atoms with Gasteiger partial charge in [0.2, 0.25) is 0 Å². The number of benzene rings is 1. The zero-order valence-electron chi connectivity index (χ0n) is 10.1. The van der Waals surface area contributed by atoms with Gasteiger partial charge < -0.3 is 10.5 Å². The van der Waals surface area contributed by atoms with Crippen molar-refractivity contribution < 1.29 is 4.74 Å². The summed E-state index contributed by atoms with van der Waals surface area (Å²) in [4.78, 5) is 5.61. The minimum atomic E-state index is 0.503. The number of nitrogens with two attached hydrogens (primary N) is 1. The molecule has 0 fully saturated rings. The summed E-state index contributed by atoms with van der Waals surface area (Å²) < 4.78 is 5.42. The van der Waals surface area contributed by atoms with Gasteiger partial charge in [0.1, 0.15) is 10.8 Å². The van der Waals surface area contributed by atoms with Crippen LogP contribution in [0.25, 0.3) is 10.4 Å². The standard InChI is InChI=1S/C13H16N2OS/c1-3-16-11-6-4-10(5-7-11)13-9(2)15-12(8-14)17-13/h4-7H,3,8,14H2,1-2H3. The van der Waals surface area contributed by atoms with Gasteiger partial charge in [0.15, 0.2) is 0 Å². The molecule has 2 N–H and O–H groups in total. The zero-order chi connectivity index (χ0) is 12.3. The molecule has 0 spiro atoms. The Labute approximate surface area is 105 Å². The van der Waals surface area contributed by atoms with Crippen molar-refractivity contribution in [3.8, 4) is 16.2 Å². The SMILES string of the molecule is CCOc1ccc(-c2sc(CN)nc2C)cc1. The Morgan fingerprint density at radius 2 is 2.00 bits per heavy atom. The van der Waals surface area contributed by atoms with Gasteiger partial charge in [-0.1, -0.05) is 0 Å². The van der Waals surface area contributed by atoms with E-state index in [9.17, 15) is 0 Å². The normalized spacial score (nSPS) is 10.5. The van der Waals surface area contributed by atoms with Crippen molar-refractivity contribution in [1.29, 1.82) is 0 Å². The van der Waals surface area contributed by atoms with E-state index in [4.69, 9.17) is 10.5 Å². The third-order valence-electron chi connectivity index (χ3n) is 2.44. The molecule has 0 aliphatic carbocycles. The number of aryl methyl sites for hydroxylation is 1. The van der Waals surface area contributed by atoms with Gasteiger partial charge in [-0.15, -0.1) is 11.3 Å². The van der Waals surface area contributed by atoms with Gasteiger partial charge in [-0.25, -0.2) is 4.98 Å². The lowest BCUT2D eigenvalue weighted by molar-refractivity contribution is 0.340. The molecule has 2 rings (SSSR count). The molecule has 0 aliphatic heterocycles. The summed E-state index contributed by atoms with van der Waals surface area (Å²) in [6.45, 7) is 5.19. The third-order valence-corrected chi connectivity index (χ3v) is 3.67. The number of hydrogen-bond donors (Lipinski definition) is 1. The fraction of sp³-hybridized carbons (Fsp3) is 0.308. The highest BCUT2D eigenvalue weighted by atomic mass is 32.1. The topological polar surface area (TPSA) is 48.1 Å².